The summed E-state index contributed by atoms with van der Waals surface area (Å²) in [4.78, 5) is 19.1. The van der Waals surface area contributed by atoms with E-state index >= 15 is 0 Å². The number of rotatable bonds is 7. The zero-order chi connectivity index (χ0) is 20.0. The Bertz CT molecular complexity index is 831. The topological polar surface area (TPSA) is 41.9 Å². The predicted molar refractivity (Wildman–Crippen MR) is 107 cm³/mol. The van der Waals surface area contributed by atoms with Crippen molar-refractivity contribution in [1.82, 2.24) is 4.90 Å². The molecule has 0 N–H and O–H groups in total. The van der Waals surface area contributed by atoms with E-state index in [9.17, 15) is 9.18 Å². The lowest BCUT2D eigenvalue weighted by atomic mass is 9.94. The van der Waals surface area contributed by atoms with Crippen molar-refractivity contribution >= 4 is 18.0 Å². The van der Waals surface area contributed by atoms with E-state index in [2.05, 4.69) is 4.99 Å². The summed E-state index contributed by atoms with van der Waals surface area (Å²) >= 11 is 0. The van der Waals surface area contributed by atoms with Crippen LogP contribution in [0.3, 0.4) is 0 Å². The summed E-state index contributed by atoms with van der Waals surface area (Å²) in [7, 11) is 1.95. The molecule has 0 aliphatic carbocycles. The van der Waals surface area contributed by atoms with E-state index in [1.54, 1.807) is 30.6 Å². The molecule has 0 aliphatic heterocycles. The number of aliphatic imine (C=N–C) groups is 1. The average Bonchev–Trinajstić information content (AvgIpc) is 2.65. The monoisotopic (exact) mass is 370 g/mol. The molecule has 0 aliphatic rings. The molecule has 0 saturated carbocycles. The number of ether oxygens (including phenoxy) is 1. The van der Waals surface area contributed by atoms with Crippen molar-refractivity contribution in [3.05, 3.63) is 64.5 Å². The minimum Gasteiger partial charge on any atom is -0.457 e. The van der Waals surface area contributed by atoms with Crippen LogP contribution in [0.5, 0.6) is 0 Å². The third kappa shape index (κ3) is 5.39. The second-order valence-electron chi connectivity index (χ2n) is 6.87. The molecule has 0 atom stereocenters. The van der Waals surface area contributed by atoms with E-state index in [-0.39, 0.29) is 18.3 Å². The Balaban J connectivity index is 2.27. The molecule has 2 aromatic rings. The van der Waals surface area contributed by atoms with Crippen LogP contribution in [0.25, 0.3) is 0 Å². The van der Waals surface area contributed by atoms with Crippen LogP contribution in [-0.4, -0.2) is 30.8 Å². The van der Waals surface area contributed by atoms with E-state index in [1.807, 2.05) is 45.7 Å². The minimum atomic E-state index is -0.453. The van der Waals surface area contributed by atoms with Crippen molar-refractivity contribution in [3.8, 4) is 0 Å². The molecule has 0 spiro atoms. The Morgan fingerprint density at radius 3 is 2.63 bits per heavy atom. The third-order valence-corrected chi connectivity index (χ3v) is 4.42. The van der Waals surface area contributed by atoms with Crippen LogP contribution < -0.4 is 0 Å². The Morgan fingerprint density at radius 1 is 1.30 bits per heavy atom. The highest BCUT2D eigenvalue weighted by molar-refractivity contribution is 5.92. The first-order valence-electron chi connectivity index (χ1n) is 9.13. The van der Waals surface area contributed by atoms with E-state index in [0.29, 0.717) is 11.1 Å². The van der Waals surface area contributed by atoms with Crippen LogP contribution in [0.15, 0.2) is 41.4 Å². The van der Waals surface area contributed by atoms with Crippen LogP contribution in [0.1, 0.15) is 53.7 Å². The molecule has 0 amide bonds. The third-order valence-electron chi connectivity index (χ3n) is 4.42. The first kappa shape index (κ1) is 20.6. The molecule has 0 unspecified atom stereocenters. The summed E-state index contributed by atoms with van der Waals surface area (Å²) in [5, 5.41) is 0. The molecular formula is C22H27FN2O2. The average molecular weight is 370 g/mol. The standard InChI is InChI=1S/C22H27FN2O2/c1-6-25(5)14-24-21-12-18(15(2)3)19(11-16(21)4)22(26)27-13-17-9-7-8-10-20(17)23/h7-12,14-15H,6,13H2,1-5H3. The molecule has 4 nitrogen and oxygen atoms in total. The largest absolute Gasteiger partial charge is 0.457 e. The second-order valence-corrected chi connectivity index (χ2v) is 6.87. The molecule has 5 heteroatoms. The zero-order valence-corrected chi connectivity index (χ0v) is 16.6. The SMILES string of the molecule is CCN(C)C=Nc1cc(C(C)C)c(C(=O)OCc2ccccc2F)cc1C. The number of benzene rings is 2. The fourth-order valence-corrected chi connectivity index (χ4v) is 2.59. The number of nitrogens with zero attached hydrogens (tertiary/aromatic N) is 2. The zero-order valence-electron chi connectivity index (χ0n) is 16.6. The van der Waals surface area contributed by atoms with Gasteiger partial charge in [-0.05, 0) is 49.1 Å². The lowest BCUT2D eigenvalue weighted by Crippen LogP contribution is -2.14. The Hall–Kier alpha value is -2.69. The fraction of sp³-hybridized carbons (Fsp3) is 0.364. The van der Waals surface area contributed by atoms with E-state index in [4.69, 9.17) is 4.74 Å². The molecule has 0 bridgehead atoms. The number of carbonyl (C=O) groups excluding carboxylic acids is 1. The quantitative estimate of drug-likeness (QED) is 0.381. The maximum absolute atomic E-state index is 13.7. The first-order chi connectivity index (χ1) is 12.8. The van der Waals surface area contributed by atoms with Gasteiger partial charge in [0.15, 0.2) is 0 Å². The van der Waals surface area contributed by atoms with Gasteiger partial charge in [0.25, 0.3) is 0 Å². The summed E-state index contributed by atoms with van der Waals surface area (Å²) in [6.45, 7) is 8.76. The number of hydrogen-bond donors (Lipinski definition) is 0. The van der Waals surface area contributed by atoms with Crippen molar-refractivity contribution in [2.24, 2.45) is 4.99 Å². The summed E-state index contributed by atoms with van der Waals surface area (Å²) in [5.41, 5.74) is 3.44. The minimum absolute atomic E-state index is 0.0940. The van der Waals surface area contributed by atoms with Gasteiger partial charge < -0.3 is 9.64 Å². The lowest BCUT2D eigenvalue weighted by Gasteiger charge is -2.16. The van der Waals surface area contributed by atoms with Crippen LogP contribution in [0.2, 0.25) is 0 Å². The Morgan fingerprint density at radius 2 is 2.00 bits per heavy atom. The summed E-state index contributed by atoms with van der Waals surface area (Å²) < 4.78 is 19.1. The van der Waals surface area contributed by atoms with Gasteiger partial charge in [-0.1, -0.05) is 32.0 Å². The van der Waals surface area contributed by atoms with E-state index in [1.165, 1.54) is 6.07 Å². The second kappa shape index (κ2) is 9.31. The van der Waals surface area contributed by atoms with Crippen molar-refractivity contribution in [3.63, 3.8) is 0 Å². The maximum Gasteiger partial charge on any atom is 0.338 e. The smallest absolute Gasteiger partial charge is 0.338 e. The number of halogens is 1. The van der Waals surface area contributed by atoms with Gasteiger partial charge in [-0.3, -0.25) is 0 Å². The predicted octanol–water partition coefficient (Wildman–Crippen LogP) is 5.23. The van der Waals surface area contributed by atoms with Crippen molar-refractivity contribution in [2.75, 3.05) is 13.6 Å². The summed E-state index contributed by atoms with van der Waals surface area (Å²) in [6, 6.07) is 10.0. The summed E-state index contributed by atoms with van der Waals surface area (Å²) in [6.07, 6.45) is 1.78. The van der Waals surface area contributed by atoms with Gasteiger partial charge in [0.1, 0.15) is 12.4 Å². The number of carbonyl (C=O) groups is 1. The van der Waals surface area contributed by atoms with Gasteiger partial charge >= 0.3 is 5.97 Å². The van der Waals surface area contributed by atoms with Gasteiger partial charge in [-0.25, -0.2) is 14.2 Å². The highest BCUT2D eigenvalue weighted by Crippen LogP contribution is 2.29. The molecule has 0 fully saturated rings. The number of hydrogen-bond acceptors (Lipinski definition) is 3. The molecule has 27 heavy (non-hydrogen) atoms. The van der Waals surface area contributed by atoms with E-state index in [0.717, 1.165) is 23.4 Å². The molecule has 0 saturated heterocycles. The number of aryl methyl sites for hydroxylation is 1. The molecule has 0 heterocycles. The van der Waals surface area contributed by atoms with Gasteiger partial charge in [0.05, 0.1) is 17.6 Å². The van der Waals surface area contributed by atoms with Crippen LogP contribution in [-0.2, 0) is 11.3 Å². The molecular weight excluding hydrogens is 343 g/mol. The Kier molecular flexibility index (Phi) is 7.11. The van der Waals surface area contributed by atoms with Gasteiger partial charge in [0.2, 0.25) is 0 Å². The molecule has 144 valence electrons. The van der Waals surface area contributed by atoms with Gasteiger partial charge in [0, 0.05) is 19.2 Å². The molecule has 2 rings (SSSR count). The lowest BCUT2D eigenvalue weighted by molar-refractivity contribution is 0.0467. The first-order valence-corrected chi connectivity index (χ1v) is 9.13. The highest BCUT2D eigenvalue weighted by atomic mass is 19.1. The van der Waals surface area contributed by atoms with Gasteiger partial charge in [-0.2, -0.15) is 0 Å². The van der Waals surface area contributed by atoms with Crippen LogP contribution in [0.4, 0.5) is 10.1 Å². The molecule has 2 aromatic carbocycles. The normalized spacial score (nSPS) is 11.2. The van der Waals surface area contributed by atoms with Crippen LogP contribution in [0, 0.1) is 12.7 Å². The van der Waals surface area contributed by atoms with Gasteiger partial charge in [-0.15, -0.1) is 0 Å². The summed E-state index contributed by atoms with van der Waals surface area (Å²) in [5.74, 6) is -0.707. The van der Waals surface area contributed by atoms with E-state index < -0.39 is 5.97 Å². The highest BCUT2D eigenvalue weighted by Gasteiger charge is 2.18. The van der Waals surface area contributed by atoms with Crippen molar-refractivity contribution in [2.45, 2.75) is 40.2 Å². The maximum atomic E-state index is 13.7. The van der Waals surface area contributed by atoms with Crippen molar-refractivity contribution < 1.29 is 13.9 Å². The Labute approximate surface area is 160 Å². The number of esters is 1. The molecule has 0 aromatic heterocycles. The fourth-order valence-electron chi connectivity index (χ4n) is 2.59. The molecule has 0 radical (unpaired) electrons. The van der Waals surface area contributed by atoms with Crippen molar-refractivity contribution in [1.29, 1.82) is 0 Å². The van der Waals surface area contributed by atoms with Crippen LogP contribution >= 0.6 is 0 Å².